The van der Waals surface area contributed by atoms with Gasteiger partial charge in [-0.25, -0.2) is 0 Å². The van der Waals surface area contributed by atoms with Crippen molar-refractivity contribution in [3.05, 3.63) is 111 Å². The van der Waals surface area contributed by atoms with E-state index in [2.05, 4.69) is 42.5 Å². The summed E-state index contributed by atoms with van der Waals surface area (Å²) in [6.45, 7) is 0.541. The van der Waals surface area contributed by atoms with Crippen molar-refractivity contribution < 1.29 is 19.2 Å². The maximum Gasteiger partial charge on any atom is 0.247 e. The average Bonchev–Trinajstić information content (AvgIpc) is 3.00. The fraction of sp³-hybridized carbons (Fsp3) is 0.250. The standard InChI is InChI=1S/C32H32Br2N4O4/c33-25-10-8-23(9-11-25)18-21-38-30(41)17-16-29(40)37(27-14-12-26(34)13-15-27)20-5-4-19-35-28(39)22-36-32(42)31(38)24-6-2-1-3-7-24/h1-15,31H,16-22H2,(H,35,39)(H,36,42)/b5-4+. The topological polar surface area (TPSA) is 98.8 Å². The monoisotopic (exact) mass is 694 g/mol. The van der Waals surface area contributed by atoms with Crippen LogP contribution < -0.4 is 15.5 Å². The Bertz CT molecular complexity index is 1410. The zero-order valence-corrected chi connectivity index (χ0v) is 26.1. The first-order valence-corrected chi connectivity index (χ1v) is 15.2. The molecule has 1 aliphatic heterocycles. The molecule has 0 bridgehead atoms. The maximum atomic E-state index is 13.9. The van der Waals surface area contributed by atoms with Crippen molar-refractivity contribution in [3.8, 4) is 0 Å². The van der Waals surface area contributed by atoms with E-state index in [9.17, 15) is 19.2 Å². The normalized spacial score (nSPS) is 18.4. The fourth-order valence-corrected chi connectivity index (χ4v) is 5.16. The van der Waals surface area contributed by atoms with Gasteiger partial charge in [-0.3, -0.25) is 19.2 Å². The molecular weight excluding hydrogens is 664 g/mol. The lowest BCUT2D eigenvalue weighted by Crippen LogP contribution is -2.47. The molecule has 42 heavy (non-hydrogen) atoms. The Morgan fingerprint density at radius 2 is 1.38 bits per heavy atom. The van der Waals surface area contributed by atoms with Gasteiger partial charge in [0.1, 0.15) is 6.04 Å². The van der Waals surface area contributed by atoms with Crippen LogP contribution in [0.2, 0.25) is 0 Å². The van der Waals surface area contributed by atoms with Gasteiger partial charge in [-0.1, -0.05) is 86.5 Å². The summed E-state index contributed by atoms with van der Waals surface area (Å²) < 4.78 is 1.82. The van der Waals surface area contributed by atoms with Crippen LogP contribution in [0, 0.1) is 0 Å². The Morgan fingerprint density at radius 1 is 0.738 bits per heavy atom. The lowest BCUT2D eigenvalue weighted by molar-refractivity contribution is -0.141. The number of nitrogens with one attached hydrogen (secondary N) is 2. The van der Waals surface area contributed by atoms with Gasteiger partial charge >= 0.3 is 0 Å². The van der Waals surface area contributed by atoms with Crippen molar-refractivity contribution >= 4 is 61.2 Å². The Kier molecular flexibility index (Phi) is 11.5. The summed E-state index contributed by atoms with van der Waals surface area (Å²) in [4.78, 5) is 56.6. The number of hydrogen-bond donors (Lipinski definition) is 2. The van der Waals surface area contributed by atoms with Crippen molar-refractivity contribution in [1.29, 1.82) is 0 Å². The third-order valence-corrected chi connectivity index (χ3v) is 7.89. The Balaban J connectivity index is 1.66. The summed E-state index contributed by atoms with van der Waals surface area (Å²) in [6, 6.07) is 23.2. The molecule has 8 nitrogen and oxygen atoms in total. The van der Waals surface area contributed by atoms with Crippen molar-refractivity contribution in [2.24, 2.45) is 0 Å². The third kappa shape index (κ3) is 8.87. The lowest BCUT2D eigenvalue weighted by atomic mass is 10.0. The van der Waals surface area contributed by atoms with Gasteiger partial charge < -0.3 is 20.4 Å². The number of hydrogen-bond acceptors (Lipinski definition) is 4. The molecule has 1 atom stereocenters. The van der Waals surface area contributed by atoms with Gasteiger partial charge in [0, 0.05) is 47.1 Å². The summed E-state index contributed by atoms with van der Waals surface area (Å²) in [5.41, 5.74) is 2.31. The number of amides is 4. The minimum Gasteiger partial charge on any atom is -0.351 e. The van der Waals surface area contributed by atoms with E-state index in [4.69, 9.17) is 0 Å². The molecule has 1 unspecified atom stereocenters. The molecule has 0 spiro atoms. The first kappa shape index (κ1) is 31.2. The van der Waals surface area contributed by atoms with Crippen LogP contribution >= 0.6 is 31.9 Å². The second-order valence-corrected chi connectivity index (χ2v) is 11.6. The number of anilines is 1. The minimum absolute atomic E-state index is 0.0304. The molecule has 0 radical (unpaired) electrons. The Hall–Kier alpha value is -3.76. The first-order valence-electron chi connectivity index (χ1n) is 13.7. The Labute approximate surface area is 262 Å². The van der Waals surface area contributed by atoms with Crippen LogP contribution in [0.25, 0.3) is 0 Å². The minimum atomic E-state index is -0.979. The molecule has 10 heteroatoms. The van der Waals surface area contributed by atoms with E-state index in [1.807, 2.05) is 54.6 Å². The van der Waals surface area contributed by atoms with Crippen molar-refractivity contribution in [2.45, 2.75) is 25.3 Å². The van der Waals surface area contributed by atoms with E-state index in [1.54, 1.807) is 41.3 Å². The van der Waals surface area contributed by atoms with Crippen molar-refractivity contribution in [3.63, 3.8) is 0 Å². The van der Waals surface area contributed by atoms with Crippen LogP contribution in [0.5, 0.6) is 0 Å². The summed E-state index contributed by atoms with van der Waals surface area (Å²) in [6.07, 6.45) is 3.94. The summed E-state index contributed by atoms with van der Waals surface area (Å²) in [5, 5.41) is 5.46. The highest BCUT2D eigenvalue weighted by atomic mass is 79.9. The molecule has 218 valence electrons. The van der Waals surface area contributed by atoms with E-state index in [-0.39, 0.29) is 56.7 Å². The highest BCUT2D eigenvalue weighted by Crippen LogP contribution is 2.25. The predicted octanol–water partition coefficient (Wildman–Crippen LogP) is 4.94. The molecule has 4 rings (SSSR count). The van der Waals surface area contributed by atoms with Crippen LogP contribution in [-0.2, 0) is 25.6 Å². The number of nitrogens with zero attached hydrogens (tertiary/aromatic N) is 2. The molecule has 0 aliphatic carbocycles. The van der Waals surface area contributed by atoms with Crippen LogP contribution in [0.3, 0.4) is 0 Å². The smallest absolute Gasteiger partial charge is 0.247 e. The molecule has 0 saturated heterocycles. The van der Waals surface area contributed by atoms with Crippen LogP contribution in [-0.4, -0.2) is 54.7 Å². The fourth-order valence-electron chi connectivity index (χ4n) is 4.63. The van der Waals surface area contributed by atoms with Crippen LogP contribution in [0.15, 0.2) is 100.0 Å². The van der Waals surface area contributed by atoms with Crippen LogP contribution in [0.1, 0.15) is 30.0 Å². The van der Waals surface area contributed by atoms with E-state index >= 15 is 0 Å². The molecule has 4 amide bonds. The summed E-state index contributed by atoms with van der Waals surface area (Å²) in [5.74, 6) is -1.38. The second kappa shape index (κ2) is 15.5. The lowest BCUT2D eigenvalue weighted by Gasteiger charge is -2.32. The highest BCUT2D eigenvalue weighted by Gasteiger charge is 2.32. The first-order chi connectivity index (χ1) is 20.3. The highest BCUT2D eigenvalue weighted by molar-refractivity contribution is 9.10. The zero-order chi connectivity index (χ0) is 29.9. The second-order valence-electron chi connectivity index (χ2n) is 9.75. The van der Waals surface area contributed by atoms with Crippen molar-refractivity contribution in [1.82, 2.24) is 15.5 Å². The number of halogens is 2. The Morgan fingerprint density at radius 3 is 2.07 bits per heavy atom. The molecular formula is C32H32Br2N4O4. The van der Waals surface area contributed by atoms with Crippen molar-refractivity contribution in [2.75, 3.05) is 31.1 Å². The van der Waals surface area contributed by atoms with Crippen LogP contribution in [0.4, 0.5) is 5.69 Å². The molecule has 3 aromatic carbocycles. The molecule has 1 heterocycles. The number of rotatable bonds is 5. The third-order valence-electron chi connectivity index (χ3n) is 6.84. The van der Waals surface area contributed by atoms with Gasteiger partial charge in [0.05, 0.1) is 6.54 Å². The molecule has 2 N–H and O–H groups in total. The predicted molar refractivity (Wildman–Crippen MR) is 170 cm³/mol. The van der Waals surface area contributed by atoms with Gasteiger partial charge in [-0.05, 0) is 53.9 Å². The summed E-state index contributed by atoms with van der Waals surface area (Å²) in [7, 11) is 0. The van der Waals surface area contributed by atoms with E-state index in [0.717, 1.165) is 14.5 Å². The zero-order valence-electron chi connectivity index (χ0n) is 23.0. The molecule has 3 aromatic rings. The van der Waals surface area contributed by atoms with E-state index in [1.165, 1.54) is 4.90 Å². The number of benzene rings is 3. The quantitative estimate of drug-likeness (QED) is 0.370. The molecule has 0 aromatic heterocycles. The molecule has 1 aliphatic rings. The average molecular weight is 696 g/mol. The van der Waals surface area contributed by atoms with E-state index < -0.39 is 11.9 Å². The van der Waals surface area contributed by atoms with E-state index in [0.29, 0.717) is 17.7 Å². The molecule has 0 fully saturated rings. The van der Waals surface area contributed by atoms with Gasteiger partial charge in [0.15, 0.2) is 0 Å². The van der Waals surface area contributed by atoms with Gasteiger partial charge in [-0.2, -0.15) is 0 Å². The largest absolute Gasteiger partial charge is 0.351 e. The van der Waals surface area contributed by atoms with Gasteiger partial charge in [-0.15, -0.1) is 0 Å². The van der Waals surface area contributed by atoms with Gasteiger partial charge in [0.2, 0.25) is 23.6 Å². The number of carbonyl (C=O) groups is 4. The van der Waals surface area contributed by atoms with Gasteiger partial charge in [0.25, 0.3) is 0 Å². The SMILES string of the molecule is O=C1CNC(=O)C(c2ccccc2)N(CCc2ccc(Br)cc2)C(=O)CCC(=O)N(c2ccc(Br)cc2)C/C=C/CN1. The maximum absolute atomic E-state index is 13.9. The molecule has 0 saturated carbocycles. The summed E-state index contributed by atoms with van der Waals surface area (Å²) >= 11 is 6.87. The number of carbonyl (C=O) groups excluding carboxylic acids is 4.